The molecule has 644 valence electrons. The number of aliphatic hydroxyl groups is 11. The van der Waals surface area contributed by atoms with Crippen LogP contribution in [0.2, 0.25) is 0 Å². The molecule has 2 saturated carbocycles. The molecular formula is C68H128N7O34P. The number of ether oxygens (including phenoxy) is 12. The summed E-state index contributed by atoms with van der Waals surface area (Å²) >= 11 is 0. The van der Waals surface area contributed by atoms with E-state index in [4.69, 9.17) is 71.0 Å². The molecule has 42 heteroatoms. The highest BCUT2D eigenvalue weighted by atomic mass is 31.2. The third-order valence-corrected chi connectivity index (χ3v) is 18.2. The van der Waals surface area contributed by atoms with Crippen molar-refractivity contribution in [2.24, 2.45) is 17.8 Å². The first kappa shape index (κ1) is 102. The maximum atomic E-state index is 14.3. The third-order valence-electron chi connectivity index (χ3n) is 17.1. The second kappa shape index (κ2) is 63.7. The molecule has 7 amide bonds. The monoisotopic (exact) mass is 1620 g/mol. The predicted molar refractivity (Wildman–Crippen MR) is 384 cm³/mol. The fourth-order valence-corrected chi connectivity index (χ4v) is 12.1. The van der Waals surface area contributed by atoms with E-state index in [2.05, 4.69) is 37.2 Å². The molecule has 110 heavy (non-hydrogen) atoms. The van der Waals surface area contributed by atoms with Gasteiger partial charge in [-0.05, 0) is 64.2 Å². The fraction of sp³-hybridized carbons (Fsp3) is 0.897. The maximum absolute atomic E-state index is 14.3. The number of rotatable bonds is 73. The van der Waals surface area contributed by atoms with Crippen molar-refractivity contribution in [1.82, 2.24) is 37.2 Å². The number of aliphatic hydroxyl groups excluding tert-OH is 11. The molecular weight excluding hydrogens is 1490 g/mol. The van der Waals surface area contributed by atoms with Crippen LogP contribution in [0.3, 0.4) is 0 Å². The summed E-state index contributed by atoms with van der Waals surface area (Å²) < 4.78 is 88.3. The Bertz CT molecular complexity index is 2470. The van der Waals surface area contributed by atoms with Gasteiger partial charge in [0, 0.05) is 51.7 Å². The Balaban J connectivity index is 1.98. The molecule has 14 atom stereocenters. The van der Waals surface area contributed by atoms with Gasteiger partial charge in [-0.3, -0.25) is 42.6 Å². The second-order valence-electron chi connectivity index (χ2n) is 26.1. The lowest BCUT2D eigenvalue weighted by molar-refractivity contribution is -0.191. The first-order valence-corrected chi connectivity index (χ1v) is 39.2. The number of hydrogen-bond donors (Lipinski definition) is 19. The molecule has 0 aromatic rings. The van der Waals surface area contributed by atoms with Gasteiger partial charge in [-0.15, -0.1) is 0 Å². The van der Waals surface area contributed by atoms with Crippen LogP contribution in [0.1, 0.15) is 110 Å². The van der Waals surface area contributed by atoms with Crippen molar-refractivity contribution in [2.75, 3.05) is 191 Å². The van der Waals surface area contributed by atoms with E-state index >= 15 is 0 Å². The highest BCUT2D eigenvalue weighted by Gasteiger charge is 2.47. The summed E-state index contributed by atoms with van der Waals surface area (Å²) in [4.78, 5) is 100. The summed E-state index contributed by atoms with van der Waals surface area (Å²) in [6.45, 7) is 0.314. The van der Waals surface area contributed by atoms with E-state index in [9.17, 15) is 94.1 Å². The van der Waals surface area contributed by atoms with Crippen molar-refractivity contribution in [3.63, 3.8) is 0 Å². The molecule has 19 N–H and O–H groups in total. The summed E-state index contributed by atoms with van der Waals surface area (Å²) in [6.07, 6.45) is -4.90. The molecule has 0 aromatic carbocycles. The lowest BCUT2D eigenvalue weighted by Gasteiger charge is -2.44. The molecule has 0 aromatic heterocycles. The van der Waals surface area contributed by atoms with Crippen LogP contribution in [0, 0.1) is 17.8 Å². The SMILES string of the molecule is CC(=O)N[C@@H](O)C(OCCOCCOCCOCC(=O)NC(CCCCNC(=O)COCCOCCOCCOC(O)[C@@H](CO)C(O)CO)C(=O)N[C@@H](CCCCNC(=O)COCCOCCOCCO[C@H](NC(C)=O)C(O)[C@@H](CO)C(O)CO)C(=O)NCCCCCCOP(=O)(O)OC1CCCC1)C1C(O)CC1O. The zero-order chi connectivity index (χ0) is 81.2. The van der Waals surface area contributed by atoms with Gasteiger partial charge in [-0.1, -0.05) is 25.7 Å². The fourth-order valence-electron chi connectivity index (χ4n) is 11.0. The van der Waals surface area contributed by atoms with E-state index in [-0.39, 0.29) is 184 Å². The Labute approximate surface area is 642 Å². The van der Waals surface area contributed by atoms with E-state index < -0.39 is 167 Å². The molecule has 2 aliphatic rings. The van der Waals surface area contributed by atoms with Gasteiger partial charge in [0.1, 0.15) is 44.1 Å². The van der Waals surface area contributed by atoms with Crippen molar-refractivity contribution in [2.45, 2.75) is 184 Å². The molecule has 2 fully saturated rings. The first-order valence-electron chi connectivity index (χ1n) is 37.7. The Hall–Kier alpha value is -4.52. The van der Waals surface area contributed by atoms with Gasteiger partial charge >= 0.3 is 7.82 Å². The van der Waals surface area contributed by atoms with Crippen LogP contribution in [0.15, 0.2) is 0 Å². The van der Waals surface area contributed by atoms with Gasteiger partial charge in [0.2, 0.25) is 41.4 Å². The van der Waals surface area contributed by atoms with E-state index in [0.29, 0.717) is 64.2 Å². The zero-order valence-electron chi connectivity index (χ0n) is 63.6. The molecule has 9 unspecified atom stereocenters. The van der Waals surface area contributed by atoms with Gasteiger partial charge in [0.05, 0.1) is 188 Å². The van der Waals surface area contributed by atoms with E-state index in [1.807, 2.05) is 0 Å². The molecule has 0 radical (unpaired) electrons. The summed E-state index contributed by atoms with van der Waals surface area (Å²) in [6, 6.07) is -2.31. The number of nitrogens with one attached hydrogen (secondary N) is 7. The number of carbonyl (C=O) groups is 7. The summed E-state index contributed by atoms with van der Waals surface area (Å²) in [5.41, 5.74) is 0. The molecule has 41 nitrogen and oxygen atoms in total. The molecule has 0 heterocycles. The molecule has 0 bridgehead atoms. The van der Waals surface area contributed by atoms with E-state index in [0.717, 1.165) is 12.8 Å². The number of hydrogen-bond acceptors (Lipinski definition) is 33. The van der Waals surface area contributed by atoms with Crippen molar-refractivity contribution >= 4 is 49.2 Å². The number of phosphoric acid groups is 1. The standard InChI is InChI=1S/C68H128N7O34P/c1-47(80)72-66(92)63(61-54(82)39-55(61)83)105-36-33-99-24-21-98-29-32-104-46-60(88)74-53(16-8-11-18-70-59(87)45-103-31-28-97-23-26-101-35-38-107-68(93)51(41-77)57(85)43-79)65(91)75-52(64(90)71-19-9-3-4-12-20-108-110(94,95)109-49-13-5-6-14-49)15-7-10-17-69-58(86)44-102-30-27-96-22-25-100-34-37-106-67(73-48(2)81)62(89)50(40-76)56(84)42-78/h49-57,61-63,66-68,76-79,82-85,89,92-93H,3-46H2,1-2H3,(H,69,86)(H,70,87)(H,71,90)(H,72,80)(H,73,81)(H,74,88)(H,75,91)(H,94,95)/t50-,51-,52-,53?,54?,55?,56?,57?,61?,62?,63?,66-,67-,68?/m0/s1. The lowest BCUT2D eigenvalue weighted by Crippen LogP contribution is -2.59. The van der Waals surface area contributed by atoms with Crippen molar-refractivity contribution in [3.05, 3.63) is 0 Å². The minimum atomic E-state index is -4.20. The van der Waals surface area contributed by atoms with Crippen LogP contribution in [0.5, 0.6) is 0 Å². The highest BCUT2D eigenvalue weighted by molar-refractivity contribution is 7.47. The minimum Gasteiger partial charge on any atom is -0.396 e. The normalized spacial score (nSPS) is 18.8. The van der Waals surface area contributed by atoms with Crippen LogP contribution >= 0.6 is 7.82 Å². The average molecular weight is 1620 g/mol. The highest BCUT2D eigenvalue weighted by Crippen LogP contribution is 2.47. The summed E-state index contributed by atoms with van der Waals surface area (Å²) in [7, 11) is -4.20. The largest absolute Gasteiger partial charge is 0.472 e. The van der Waals surface area contributed by atoms with Crippen LogP contribution in [0.25, 0.3) is 0 Å². The Morgan fingerprint density at radius 1 is 0.436 bits per heavy atom. The van der Waals surface area contributed by atoms with Gasteiger partial charge in [0.15, 0.2) is 18.7 Å². The smallest absolute Gasteiger partial charge is 0.396 e. The van der Waals surface area contributed by atoms with Crippen LogP contribution < -0.4 is 37.2 Å². The van der Waals surface area contributed by atoms with Crippen LogP contribution in [0.4, 0.5) is 0 Å². The average Bonchev–Trinajstić information content (AvgIpc) is 0.884. The molecule has 0 aliphatic heterocycles. The second-order valence-corrected chi connectivity index (χ2v) is 27.5. The van der Waals surface area contributed by atoms with Crippen LogP contribution in [-0.2, 0) is 104 Å². The number of carbonyl (C=O) groups excluding carboxylic acids is 7. The van der Waals surface area contributed by atoms with E-state index in [1.165, 1.54) is 13.8 Å². The lowest BCUT2D eigenvalue weighted by atomic mass is 9.74. The van der Waals surface area contributed by atoms with Gasteiger partial charge in [-0.25, -0.2) is 4.57 Å². The van der Waals surface area contributed by atoms with Crippen molar-refractivity contribution < 1.29 is 165 Å². The topological polar surface area (TPSA) is 593 Å². The zero-order valence-corrected chi connectivity index (χ0v) is 64.5. The Morgan fingerprint density at radius 3 is 1.33 bits per heavy atom. The molecule has 0 spiro atoms. The van der Waals surface area contributed by atoms with Crippen molar-refractivity contribution in [3.8, 4) is 0 Å². The first-order chi connectivity index (χ1) is 52.9. The third kappa shape index (κ3) is 48.6. The Kier molecular flexibility index (Phi) is 58.9. The Morgan fingerprint density at radius 2 is 0.855 bits per heavy atom. The van der Waals surface area contributed by atoms with Gasteiger partial charge < -0.3 is 155 Å². The van der Waals surface area contributed by atoms with Gasteiger partial charge in [0.25, 0.3) is 0 Å². The molecule has 0 saturated heterocycles. The minimum absolute atomic E-state index is 0.000852. The number of unbranched alkanes of at least 4 members (excludes halogenated alkanes) is 5. The van der Waals surface area contributed by atoms with Crippen LogP contribution in [-0.4, -0.2) is 367 Å². The van der Waals surface area contributed by atoms with Gasteiger partial charge in [-0.2, -0.15) is 0 Å². The molecule has 2 rings (SSSR count). The maximum Gasteiger partial charge on any atom is 0.472 e. The number of amides is 7. The summed E-state index contributed by atoms with van der Waals surface area (Å²) in [5.74, 6) is -6.94. The quantitative estimate of drug-likeness (QED) is 0.0153. The number of phosphoric ester groups is 1. The molecule has 2 aliphatic carbocycles. The predicted octanol–water partition coefficient (Wildman–Crippen LogP) is -5.89. The van der Waals surface area contributed by atoms with Crippen molar-refractivity contribution in [1.29, 1.82) is 0 Å². The summed E-state index contributed by atoms with van der Waals surface area (Å²) in [5, 5.41) is 126. The van der Waals surface area contributed by atoms with E-state index in [1.54, 1.807) is 0 Å².